The number of aromatic nitrogens is 2. The Bertz CT molecular complexity index is 1150. The fraction of sp³-hybridized carbons (Fsp3) is 0.393. The van der Waals surface area contributed by atoms with Gasteiger partial charge in [-0.3, -0.25) is 4.79 Å². The molecule has 0 aliphatic carbocycles. The van der Waals surface area contributed by atoms with Gasteiger partial charge in [-0.25, -0.2) is 9.97 Å². The minimum absolute atomic E-state index is 0.0524. The van der Waals surface area contributed by atoms with Crippen LogP contribution in [0.5, 0.6) is 17.2 Å². The molecule has 36 heavy (non-hydrogen) atoms. The summed E-state index contributed by atoms with van der Waals surface area (Å²) in [6, 6.07) is 15.6. The molecule has 1 fully saturated rings. The Morgan fingerprint density at radius 2 is 1.44 bits per heavy atom. The van der Waals surface area contributed by atoms with Crippen LogP contribution in [0.25, 0.3) is 11.3 Å². The van der Waals surface area contributed by atoms with Crippen LogP contribution in [-0.2, 0) is 0 Å². The minimum atomic E-state index is -0.0524. The zero-order chi connectivity index (χ0) is 25.5. The monoisotopic (exact) mass is 490 g/mol. The van der Waals surface area contributed by atoms with Crippen molar-refractivity contribution < 1.29 is 19.0 Å². The quantitative estimate of drug-likeness (QED) is 0.433. The lowest BCUT2D eigenvalue weighted by molar-refractivity contribution is 0.0745. The Hall–Kier alpha value is -3.81. The number of amides is 1. The number of aryl methyl sites for hydroxylation is 1. The first-order chi connectivity index (χ1) is 17.5. The second-order valence-corrected chi connectivity index (χ2v) is 8.40. The van der Waals surface area contributed by atoms with Crippen LogP contribution < -0.4 is 19.1 Å². The van der Waals surface area contributed by atoms with Gasteiger partial charge >= 0.3 is 0 Å². The molecule has 0 unspecified atom stereocenters. The molecule has 0 N–H and O–H groups in total. The molecule has 1 amide bonds. The van der Waals surface area contributed by atoms with Crippen LogP contribution in [0.1, 0.15) is 37.0 Å². The Labute approximate surface area is 212 Å². The van der Waals surface area contributed by atoms with E-state index in [1.54, 1.807) is 12.1 Å². The van der Waals surface area contributed by atoms with Gasteiger partial charge in [-0.2, -0.15) is 0 Å². The first-order valence-corrected chi connectivity index (χ1v) is 12.6. The highest BCUT2D eigenvalue weighted by Gasteiger charge is 2.26. The fourth-order valence-electron chi connectivity index (χ4n) is 4.30. The van der Waals surface area contributed by atoms with Crippen LogP contribution in [0.2, 0.25) is 0 Å². The van der Waals surface area contributed by atoms with E-state index in [1.807, 2.05) is 69.0 Å². The molecule has 1 aromatic heterocycles. The number of benzene rings is 2. The average Bonchev–Trinajstić information content (AvgIpc) is 2.90. The molecule has 8 nitrogen and oxygen atoms in total. The average molecular weight is 491 g/mol. The number of hydrogen-bond acceptors (Lipinski definition) is 7. The molecule has 190 valence electrons. The fourth-order valence-corrected chi connectivity index (χ4v) is 4.30. The molecule has 2 heterocycles. The summed E-state index contributed by atoms with van der Waals surface area (Å²) in [5.41, 5.74) is 2.49. The third kappa shape index (κ3) is 5.70. The van der Waals surface area contributed by atoms with Crippen LogP contribution in [0, 0.1) is 6.92 Å². The molecule has 0 radical (unpaired) electrons. The third-order valence-corrected chi connectivity index (χ3v) is 5.94. The number of piperazine rings is 1. The maximum atomic E-state index is 13.4. The van der Waals surface area contributed by atoms with E-state index in [0.717, 1.165) is 22.9 Å². The molecule has 1 saturated heterocycles. The Morgan fingerprint density at radius 3 is 2.03 bits per heavy atom. The summed E-state index contributed by atoms with van der Waals surface area (Å²) in [4.78, 5) is 26.8. The zero-order valence-corrected chi connectivity index (χ0v) is 21.5. The maximum Gasteiger partial charge on any atom is 0.254 e. The molecule has 1 aliphatic heterocycles. The number of carbonyl (C=O) groups is 1. The van der Waals surface area contributed by atoms with Gasteiger partial charge in [0.05, 0.1) is 25.5 Å². The smallest absolute Gasteiger partial charge is 0.254 e. The number of carbonyl (C=O) groups excluding carboxylic acids is 1. The zero-order valence-electron chi connectivity index (χ0n) is 21.5. The van der Waals surface area contributed by atoms with Crippen LogP contribution >= 0.6 is 0 Å². The molecule has 0 spiro atoms. The van der Waals surface area contributed by atoms with Gasteiger partial charge in [-0.15, -0.1) is 0 Å². The maximum absolute atomic E-state index is 13.4. The van der Waals surface area contributed by atoms with E-state index in [1.165, 1.54) is 0 Å². The van der Waals surface area contributed by atoms with Gasteiger partial charge in [0.25, 0.3) is 5.91 Å². The van der Waals surface area contributed by atoms with Gasteiger partial charge in [0, 0.05) is 43.4 Å². The van der Waals surface area contributed by atoms with E-state index in [-0.39, 0.29) is 5.91 Å². The highest BCUT2D eigenvalue weighted by Crippen LogP contribution is 2.39. The number of rotatable bonds is 9. The highest BCUT2D eigenvalue weighted by atomic mass is 16.5. The van der Waals surface area contributed by atoms with E-state index in [0.29, 0.717) is 68.8 Å². The van der Waals surface area contributed by atoms with Crippen LogP contribution in [0.4, 0.5) is 5.82 Å². The SMILES string of the molecule is CCOc1cc(C(=O)N2CCN(c3cc(-c4ccccc4)nc(C)n3)CC2)cc(OCC)c1OCC. The predicted octanol–water partition coefficient (Wildman–Crippen LogP) is 4.61. The Kier molecular flexibility index (Phi) is 8.25. The standard InChI is InChI=1S/C28H34N4O4/c1-5-34-24-17-22(18-25(35-6-2)27(24)36-7-3)28(33)32-15-13-31(14-16-32)26-19-23(29-20(4)30-26)21-11-9-8-10-12-21/h8-12,17-19H,5-7,13-16H2,1-4H3. The lowest BCUT2D eigenvalue weighted by Crippen LogP contribution is -2.49. The van der Waals surface area contributed by atoms with Gasteiger partial charge in [0.15, 0.2) is 11.5 Å². The van der Waals surface area contributed by atoms with E-state index in [9.17, 15) is 4.79 Å². The van der Waals surface area contributed by atoms with Crippen molar-refractivity contribution in [2.24, 2.45) is 0 Å². The van der Waals surface area contributed by atoms with E-state index in [4.69, 9.17) is 14.2 Å². The second-order valence-electron chi connectivity index (χ2n) is 8.40. The summed E-state index contributed by atoms with van der Waals surface area (Å²) >= 11 is 0. The molecule has 0 bridgehead atoms. The van der Waals surface area contributed by atoms with Gasteiger partial charge in [-0.05, 0) is 39.8 Å². The molecule has 1 aliphatic rings. The lowest BCUT2D eigenvalue weighted by Gasteiger charge is -2.35. The van der Waals surface area contributed by atoms with Crippen LogP contribution in [0.15, 0.2) is 48.5 Å². The third-order valence-electron chi connectivity index (χ3n) is 5.94. The molecule has 4 rings (SSSR count). The van der Waals surface area contributed by atoms with Gasteiger partial charge in [0.2, 0.25) is 5.75 Å². The summed E-state index contributed by atoms with van der Waals surface area (Å²) in [7, 11) is 0. The first kappa shape index (κ1) is 25.3. The largest absolute Gasteiger partial charge is 0.490 e. The lowest BCUT2D eigenvalue weighted by atomic mass is 10.1. The molecule has 3 aromatic rings. The minimum Gasteiger partial charge on any atom is -0.490 e. The Balaban J connectivity index is 1.51. The van der Waals surface area contributed by atoms with Crippen molar-refractivity contribution in [3.05, 3.63) is 59.9 Å². The van der Waals surface area contributed by atoms with E-state index >= 15 is 0 Å². The normalized spacial score (nSPS) is 13.4. The summed E-state index contributed by atoms with van der Waals surface area (Å²) < 4.78 is 17.4. The molecule has 0 atom stereocenters. The Morgan fingerprint density at radius 1 is 0.833 bits per heavy atom. The van der Waals surface area contributed by atoms with E-state index in [2.05, 4.69) is 14.9 Å². The van der Waals surface area contributed by atoms with Gasteiger partial charge in [-0.1, -0.05) is 30.3 Å². The molecule has 0 saturated carbocycles. The summed E-state index contributed by atoms with van der Waals surface area (Å²) in [6.45, 7) is 11.6. The molecular weight excluding hydrogens is 456 g/mol. The molecule has 8 heteroatoms. The van der Waals surface area contributed by atoms with Crippen LogP contribution in [-0.4, -0.2) is 66.8 Å². The van der Waals surface area contributed by atoms with Crippen molar-refractivity contribution in [1.29, 1.82) is 0 Å². The topological polar surface area (TPSA) is 77.0 Å². The van der Waals surface area contributed by atoms with Crippen molar-refractivity contribution in [3.8, 4) is 28.5 Å². The van der Waals surface area contributed by atoms with Crippen molar-refractivity contribution in [2.75, 3.05) is 50.9 Å². The van der Waals surface area contributed by atoms with Crippen LogP contribution in [0.3, 0.4) is 0 Å². The van der Waals surface area contributed by atoms with Gasteiger partial charge < -0.3 is 24.0 Å². The summed E-state index contributed by atoms with van der Waals surface area (Å²) in [6.07, 6.45) is 0. The molecule has 2 aromatic carbocycles. The van der Waals surface area contributed by atoms with Crippen molar-refractivity contribution >= 4 is 11.7 Å². The number of anilines is 1. The number of ether oxygens (including phenoxy) is 3. The summed E-state index contributed by atoms with van der Waals surface area (Å²) in [5, 5.41) is 0. The van der Waals surface area contributed by atoms with Crippen molar-refractivity contribution in [2.45, 2.75) is 27.7 Å². The van der Waals surface area contributed by atoms with E-state index < -0.39 is 0 Å². The molecular formula is C28H34N4O4. The highest BCUT2D eigenvalue weighted by molar-refractivity contribution is 5.96. The predicted molar refractivity (Wildman–Crippen MR) is 140 cm³/mol. The van der Waals surface area contributed by atoms with Crippen molar-refractivity contribution in [1.82, 2.24) is 14.9 Å². The summed E-state index contributed by atoms with van der Waals surface area (Å²) in [5.74, 6) is 3.15. The first-order valence-electron chi connectivity index (χ1n) is 12.6. The van der Waals surface area contributed by atoms with Crippen molar-refractivity contribution in [3.63, 3.8) is 0 Å². The second kappa shape index (κ2) is 11.7. The van der Waals surface area contributed by atoms with Gasteiger partial charge in [0.1, 0.15) is 11.6 Å². The number of hydrogen-bond donors (Lipinski definition) is 0. The number of nitrogens with zero attached hydrogens (tertiary/aromatic N) is 4.